The molecule has 0 spiro atoms. The third-order valence-electron chi connectivity index (χ3n) is 4.61. The molecule has 22 heavy (non-hydrogen) atoms. The summed E-state index contributed by atoms with van der Waals surface area (Å²) in [5, 5.41) is 7.24. The fourth-order valence-corrected chi connectivity index (χ4v) is 3.98. The first-order valence-electron chi connectivity index (χ1n) is 7.72. The second-order valence-electron chi connectivity index (χ2n) is 5.95. The van der Waals surface area contributed by atoms with E-state index in [1.54, 1.807) is 0 Å². The van der Waals surface area contributed by atoms with Gasteiger partial charge in [0.05, 0.1) is 13.2 Å². The van der Waals surface area contributed by atoms with E-state index in [1.165, 1.54) is 31.4 Å². The Morgan fingerprint density at radius 3 is 2.95 bits per heavy atom. The highest BCUT2D eigenvalue weighted by Gasteiger charge is 2.34. The molecule has 3 nitrogen and oxygen atoms in total. The van der Waals surface area contributed by atoms with Gasteiger partial charge in [-0.2, -0.15) is 0 Å². The summed E-state index contributed by atoms with van der Waals surface area (Å²) in [6.45, 7) is 3.37. The van der Waals surface area contributed by atoms with E-state index in [0.29, 0.717) is 18.0 Å². The smallest absolute Gasteiger partial charge is 0.124 e. The first-order chi connectivity index (χ1) is 10.2. The van der Waals surface area contributed by atoms with Crippen molar-refractivity contribution in [2.75, 3.05) is 19.8 Å². The zero-order valence-electron chi connectivity index (χ0n) is 12.5. The molecule has 3 unspecified atom stereocenters. The highest BCUT2D eigenvalue weighted by Crippen LogP contribution is 2.30. The van der Waals surface area contributed by atoms with E-state index in [4.69, 9.17) is 4.74 Å². The average molecular weight is 394 g/mol. The van der Waals surface area contributed by atoms with Crippen LogP contribution in [-0.2, 0) is 11.3 Å². The van der Waals surface area contributed by atoms with Crippen molar-refractivity contribution in [1.82, 2.24) is 10.6 Å². The lowest BCUT2D eigenvalue weighted by atomic mass is 9.94. The van der Waals surface area contributed by atoms with Gasteiger partial charge >= 0.3 is 0 Å². The van der Waals surface area contributed by atoms with E-state index in [0.717, 1.165) is 36.3 Å². The van der Waals surface area contributed by atoms with Crippen LogP contribution in [0, 0.1) is 11.7 Å². The van der Waals surface area contributed by atoms with Gasteiger partial charge in [0.2, 0.25) is 0 Å². The van der Waals surface area contributed by atoms with Crippen LogP contribution in [0.2, 0.25) is 0 Å². The Bertz CT molecular complexity index is 485. The number of ether oxygens (including phenoxy) is 1. The van der Waals surface area contributed by atoms with Gasteiger partial charge in [0, 0.05) is 29.6 Å². The molecule has 2 N–H and O–H groups in total. The topological polar surface area (TPSA) is 33.3 Å². The second-order valence-corrected chi connectivity index (χ2v) is 6.81. The lowest BCUT2D eigenvalue weighted by Crippen LogP contribution is -2.50. The van der Waals surface area contributed by atoms with Gasteiger partial charge in [-0.3, -0.25) is 0 Å². The fraction of sp³-hybridized carbons (Fsp3) is 0.625. The number of rotatable bonds is 4. The highest BCUT2D eigenvalue weighted by molar-refractivity contribution is 9.10. The summed E-state index contributed by atoms with van der Waals surface area (Å²) in [6.07, 6.45) is 3.73. The molecule has 1 saturated heterocycles. The summed E-state index contributed by atoms with van der Waals surface area (Å²) in [5.74, 6) is 0.428. The van der Waals surface area contributed by atoms with E-state index in [9.17, 15) is 4.39 Å². The maximum absolute atomic E-state index is 13.1. The molecule has 2 aliphatic rings. The molecule has 1 aliphatic heterocycles. The minimum atomic E-state index is -0.201. The van der Waals surface area contributed by atoms with Crippen LogP contribution in [0.1, 0.15) is 24.8 Å². The Hall–Kier alpha value is -0.200. The lowest BCUT2D eigenvalue weighted by molar-refractivity contribution is 0.0524. The van der Waals surface area contributed by atoms with Gasteiger partial charge in [-0.25, -0.2) is 4.39 Å². The summed E-state index contributed by atoms with van der Waals surface area (Å²) in [7, 11) is 0. The zero-order valence-corrected chi connectivity index (χ0v) is 14.9. The van der Waals surface area contributed by atoms with Crippen LogP contribution in [-0.4, -0.2) is 31.8 Å². The number of nitrogens with one attached hydrogen (secondary N) is 2. The molecule has 0 radical (unpaired) electrons. The molecular weight excluding hydrogens is 371 g/mol. The predicted octanol–water partition coefficient (Wildman–Crippen LogP) is 3.26. The molecule has 1 saturated carbocycles. The van der Waals surface area contributed by atoms with Crippen molar-refractivity contribution in [2.45, 2.75) is 37.9 Å². The monoisotopic (exact) mass is 392 g/mol. The molecule has 0 aromatic heterocycles. The first kappa shape index (κ1) is 18.1. The quantitative estimate of drug-likeness (QED) is 0.824. The van der Waals surface area contributed by atoms with E-state index >= 15 is 0 Å². The molecule has 2 fully saturated rings. The maximum atomic E-state index is 13.1. The molecule has 0 amide bonds. The van der Waals surface area contributed by atoms with Crippen LogP contribution in [0.4, 0.5) is 4.39 Å². The van der Waals surface area contributed by atoms with Crippen LogP contribution in [0.25, 0.3) is 0 Å². The largest absolute Gasteiger partial charge is 0.379 e. The van der Waals surface area contributed by atoms with E-state index in [2.05, 4.69) is 26.6 Å². The van der Waals surface area contributed by atoms with Crippen molar-refractivity contribution in [3.63, 3.8) is 0 Å². The predicted molar refractivity (Wildman–Crippen MR) is 91.9 cm³/mol. The van der Waals surface area contributed by atoms with Crippen LogP contribution >= 0.6 is 28.3 Å². The Morgan fingerprint density at radius 2 is 2.23 bits per heavy atom. The molecule has 0 bridgehead atoms. The summed E-state index contributed by atoms with van der Waals surface area (Å²) < 4.78 is 19.6. The molecule has 1 heterocycles. The van der Waals surface area contributed by atoms with Gasteiger partial charge in [0.15, 0.2) is 0 Å². The molecule has 6 heteroatoms. The molecule has 124 valence electrons. The Morgan fingerprint density at radius 1 is 1.36 bits per heavy atom. The average Bonchev–Trinajstić information content (AvgIpc) is 2.96. The second kappa shape index (κ2) is 8.60. The summed E-state index contributed by atoms with van der Waals surface area (Å²) in [5.41, 5.74) is 1.11. The fourth-order valence-electron chi connectivity index (χ4n) is 3.49. The summed E-state index contributed by atoms with van der Waals surface area (Å²) in [4.78, 5) is 0. The van der Waals surface area contributed by atoms with Crippen molar-refractivity contribution in [2.24, 2.45) is 5.92 Å². The van der Waals surface area contributed by atoms with E-state index in [1.807, 2.05) is 6.07 Å². The molecule has 1 aromatic carbocycles. The Kier molecular flexibility index (Phi) is 7.09. The third-order valence-corrected chi connectivity index (χ3v) is 5.34. The number of benzene rings is 1. The molecule has 3 rings (SSSR count). The van der Waals surface area contributed by atoms with Gasteiger partial charge in [-0.1, -0.05) is 28.4 Å². The van der Waals surface area contributed by atoms with Crippen LogP contribution in [0.3, 0.4) is 0 Å². The normalized spacial score (nSPS) is 28.4. The Balaban J connectivity index is 0.00000176. The van der Waals surface area contributed by atoms with Crippen molar-refractivity contribution >= 4 is 28.3 Å². The van der Waals surface area contributed by atoms with Gasteiger partial charge in [-0.15, -0.1) is 12.4 Å². The SMILES string of the molecule is Cl.Fc1ccc(CNC2CCCC2C2COCCN2)c(Br)c1. The first-order valence-corrected chi connectivity index (χ1v) is 8.52. The van der Waals surface area contributed by atoms with Gasteiger partial charge < -0.3 is 15.4 Å². The van der Waals surface area contributed by atoms with Crippen molar-refractivity contribution < 1.29 is 9.13 Å². The van der Waals surface area contributed by atoms with Gasteiger partial charge in [0.1, 0.15) is 5.82 Å². The Labute approximate surface area is 145 Å². The lowest BCUT2D eigenvalue weighted by Gasteiger charge is -2.33. The molecular formula is C16H23BrClFN2O. The van der Waals surface area contributed by atoms with Crippen LogP contribution in [0.5, 0.6) is 0 Å². The number of morpholine rings is 1. The number of hydrogen-bond acceptors (Lipinski definition) is 3. The number of hydrogen-bond donors (Lipinski definition) is 2. The minimum absolute atomic E-state index is 0. The van der Waals surface area contributed by atoms with Crippen molar-refractivity contribution in [3.8, 4) is 0 Å². The van der Waals surface area contributed by atoms with Crippen LogP contribution in [0.15, 0.2) is 22.7 Å². The summed E-state index contributed by atoms with van der Waals surface area (Å²) in [6, 6.07) is 5.87. The van der Waals surface area contributed by atoms with E-state index < -0.39 is 0 Å². The summed E-state index contributed by atoms with van der Waals surface area (Å²) >= 11 is 3.44. The van der Waals surface area contributed by atoms with Crippen molar-refractivity contribution in [3.05, 3.63) is 34.1 Å². The maximum Gasteiger partial charge on any atom is 0.124 e. The minimum Gasteiger partial charge on any atom is -0.379 e. The molecule has 3 atom stereocenters. The third kappa shape index (κ3) is 4.42. The molecule has 1 aliphatic carbocycles. The van der Waals surface area contributed by atoms with Crippen molar-refractivity contribution in [1.29, 1.82) is 0 Å². The van der Waals surface area contributed by atoms with Gasteiger partial charge in [-0.05, 0) is 36.5 Å². The van der Waals surface area contributed by atoms with Crippen LogP contribution < -0.4 is 10.6 Å². The van der Waals surface area contributed by atoms with E-state index in [-0.39, 0.29) is 18.2 Å². The molecule has 1 aromatic rings. The zero-order chi connectivity index (χ0) is 14.7. The van der Waals surface area contributed by atoms with Gasteiger partial charge in [0.25, 0.3) is 0 Å². The number of halogens is 3. The standard InChI is InChI=1S/C16H22BrFN2O.ClH/c17-14-8-12(18)5-4-11(14)9-20-15-3-1-2-13(15)16-10-21-7-6-19-16;/h4-5,8,13,15-16,19-20H,1-3,6-7,9-10H2;1H. The highest BCUT2D eigenvalue weighted by atomic mass is 79.9.